The van der Waals surface area contributed by atoms with Crippen LogP contribution in [-0.2, 0) is 9.53 Å². The highest BCUT2D eigenvalue weighted by atomic mass is 16.5. The first-order chi connectivity index (χ1) is 16.5. The Labute approximate surface area is 198 Å². The second-order valence-electron chi connectivity index (χ2n) is 9.97. The number of fused-ring (bicyclic) bond motifs is 1. The molecular weight excluding hydrogens is 428 g/mol. The maximum absolute atomic E-state index is 12.7. The molecule has 2 atom stereocenters. The number of benzene rings is 2. The highest BCUT2D eigenvalue weighted by Gasteiger charge is 2.55. The molecule has 1 amide bonds. The summed E-state index contributed by atoms with van der Waals surface area (Å²) in [5.41, 5.74) is 3.83. The van der Waals surface area contributed by atoms with Crippen LogP contribution in [0, 0.1) is 5.41 Å². The number of rotatable bonds is 4. The number of amides is 1. The summed E-state index contributed by atoms with van der Waals surface area (Å²) in [6.07, 6.45) is 6.62. The summed E-state index contributed by atoms with van der Waals surface area (Å²) < 4.78 is 5.59. The van der Waals surface area contributed by atoms with E-state index in [9.17, 15) is 14.7 Å². The van der Waals surface area contributed by atoms with Gasteiger partial charge in [0, 0.05) is 36.8 Å². The van der Waals surface area contributed by atoms with Crippen LogP contribution in [-0.4, -0.2) is 52.7 Å². The van der Waals surface area contributed by atoms with Crippen molar-refractivity contribution in [2.45, 2.75) is 44.1 Å². The molecule has 0 radical (unpaired) electrons. The second-order valence-corrected chi connectivity index (χ2v) is 9.97. The van der Waals surface area contributed by atoms with Crippen molar-refractivity contribution >= 4 is 22.6 Å². The smallest absolute Gasteiger partial charge is 0.336 e. The molecule has 6 heteroatoms. The number of carboxylic acid groups (broad SMARTS) is 1. The Balaban J connectivity index is 1.14. The number of hydrogen-bond acceptors (Lipinski definition) is 4. The van der Waals surface area contributed by atoms with Gasteiger partial charge in [-0.15, -0.1) is 0 Å². The predicted octanol–water partition coefficient (Wildman–Crippen LogP) is 4.88. The van der Waals surface area contributed by atoms with Gasteiger partial charge in [0.2, 0.25) is 0 Å². The highest BCUT2D eigenvalue weighted by molar-refractivity contribution is 6.03. The van der Waals surface area contributed by atoms with Crippen LogP contribution in [0.25, 0.3) is 22.0 Å². The zero-order chi connectivity index (χ0) is 23.3. The van der Waals surface area contributed by atoms with Crippen molar-refractivity contribution in [3.05, 3.63) is 65.9 Å². The van der Waals surface area contributed by atoms with E-state index in [1.54, 1.807) is 18.3 Å². The lowest BCUT2D eigenvalue weighted by Crippen LogP contribution is -2.44. The summed E-state index contributed by atoms with van der Waals surface area (Å²) in [5, 5.41) is 10.9. The Kier molecular flexibility index (Phi) is 5.14. The Hall–Kier alpha value is -3.25. The highest BCUT2D eigenvalue weighted by Crippen LogP contribution is 2.65. The number of aromatic nitrogens is 1. The summed E-state index contributed by atoms with van der Waals surface area (Å²) in [6, 6.07) is 15.9. The first-order valence-electron chi connectivity index (χ1n) is 12.2. The van der Waals surface area contributed by atoms with Gasteiger partial charge in [0.1, 0.15) is 6.10 Å². The molecule has 2 aromatic carbocycles. The molecule has 2 aliphatic heterocycles. The van der Waals surface area contributed by atoms with E-state index >= 15 is 0 Å². The zero-order valence-electron chi connectivity index (χ0n) is 19.1. The molecule has 1 N–H and O–H groups in total. The molecule has 1 aliphatic carbocycles. The number of carbonyl (C=O) groups is 2. The third-order valence-corrected chi connectivity index (χ3v) is 8.07. The van der Waals surface area contributed by atoms with Gasteiger partial charge < -0.3 is 14.7 Å². The second kappa shape index (κ2) is 8.20. The fourth-order valence-electron chi connectivity index (χ4n) is 5.92. The molecule has 2 saturated heterocycles. The lowest BCUT2D eigenvalue weighted by atomic mass is 9.88. The van der Waals surface area contributed by atoms with Crippen LogP contribution < -0.4 is 0 Å². The van der Waals surface area contributed by atoms with Gasteiger partial charge in [-0.3, -0.25) is 9.78 Å². The van der Waals surface area contributed by atoms with E-state index in [0.717, 1.165) is 55.4 Å². The zero-order valence-corrected chi connectivity index (χ0v) is 19.1. The third-order valence-electron chi connectivity index (χ3n) is 8.07. The number of aromatic carboxylic acids is 1. The van der Waals surface area contributed by atoms with E-state index in [1.807, 2.05) is 17.0 Å². The minimum Gasteiger partial charge on any atom is -0.478 e. The van der Waals surface area contributed by atoms with E-state index in [0.29, 0.717) is 23.3 Å². The molecule has 1 aromatic heterocycles. The molecule has 34 heavy (non-hydrogen) atoms. The van der Waals surface area contributed by atoms with Crippen LogP contribution in [0.3, 0.4) is 0 Å². The number of carboxylic acids is 1. The lowest BCUT2D eigenvalue weighted by molar-refractivity contribution is -0.142. The number of carbonyl (C=O) groups excluding carboxylic acids is 1. The molecule has 6 nitrogen and oxygen atoms in total. The van der Waals surface area contributed by atoms with E-state index in [-0.39, 0.29) is 17.6 Å². The number of nitrogens with zero attached hydrogens (tertiary/aromatic N) is 2. The molecule has 1 unspecified atom stereocenters. The molecular formula is C28H28N2O4. The number of ether oxygens (including phenoxy) is 1. The third kappa shape index (κ3) is 3.66. The molecule has 1 spiro atoms. The Morgan fingerprint density at radius 1 is 1.09 bits per heavy atom. The molecule has 3 aliphatic rings. The predicted molar refractivity (Wildman–Crippen MR) is 129 cm³/mol. The Morgan fingerprint density at radius 3 is 2.59 bits per heavy atom. The van der Waals surface area contributed by atoms with Crippen LogP contribution in [0.5, 0.6) is 0 Å². The van der Waals surface area contributed by atoms with Gasteiger partial charge in [0.25, 0.3) is 5.91 Å². The summed E-state index contributed by atoms with van der Waals surface area (Å²) in [7, 11) is 0. The minimum absolute atomic E-state index is 0.187. The largest absolute Gasteiger partial charge is 0.478 e. The number of pyridine rings is 1. The average molecular weight is 457 g/mol. The number of piperidine rings is 1. The van der Waals surface area contributed by atoms with Gasteiger partial charge in [0.15, 0.2) is 0 Å². The van der Waals surface area contributed by atoms with E-state index in [1.165, 1.54) is 12.0 Å². The van der Waals surface area contributed by atoms with E-state index in [2.05, 4.69) is 29.2 Å². The standard InChI is InChI=1S/C28H28N2O4/c31-26(25-5-2-14-34-25)30-12-10-28(11-13-30)16-23(28)18-6-8-19(9-7-18)24-15-20-3-1-4-21(27(32)33)22(20)17-29-24/h1,3-4,6-9,15,17,23,25H,2,5,10-14,16H2,(H,32,33)/t23-,25?/m0/s1. The summed E-state index contributed by atoms with van der Waals surface area (Å²) in [5.74, 6) is -0.193. The SMILES string of the molecule is O=C(O)c1cccc2cc(-c3ccc([C@@H]4CC45CCN(C(=O)C4CCCO4)CC5)cc3)ncc12. The van der Waals surface area contributed by atoms with Gasteiger partial charge in [-0.1, -0.05) is 36.4 Å². The number of likely N-dealkylation sites (tertiary alicyclic amines) is 1. The van der Waals surface area contributed by atoms with E-state index in [4.69, 9.17) is 4.74 Å². The van der Waals surface area contributed by atoms with Gasteiger partial charge >= 0.3 is 5.97 Å². The van der Waals surface area contributed by atoms with Gasteiger partial charge in [-0.05, 0) is 66.5 Å². The van der Waals surface area contributed by atoms with Crippen LogP contribution >= 0.6 is 0 Å². The van der Waals surface area contributed by atoms with Crippen LogP contribution in [0.1, 0.15) is 53.9 Å². The van der Waals surface area contributed by atoms with Crippen molar-refractivity contribution in [2.75, 3.05) is 19.7 Å². The van der Waals surface area contributed by atoms with Gasteiger partial charge in [-0.25, -0.2) is 4.79 Å². The quantitative estimate of drug-likeness (QED) is 0.606. The molecule has 1 saturated carbocycles. The summed E-state index contributed by atoms with van der Waals surface area (Å²) in [6.45, 7) is 2.39. The fraction of sp³-hybridized carbons (Fsp3) is 0.393. The van der Waals surface area contributed by atoms with E-state index < -0.39 is 5.97 Å². The first kappa shape index (κ1) is 21.3. The summed E-state index contributed by atoms with van der Waals surface area (Å²) >= 11 is 0. The maximum Gasteiger partial charge on any atom is 0.336 e. The first-order valence-corrected chi connectivity index (χ1v) is 12.2. The maximum atomic E-state index is 12.7. The lowest BCUT2D eigenvalue weighted by Gasteiger charge is -2.34. The average Bonchev–Trinajstić information content (AvgIpc) is 3.28. The fourth-order valence-corrected chi connectivity index (χ4v) is 5.92. The molecule has 174 valence electrons. The van der Waals surface area contributed by atoms with Crippen LogP contribution in [0.15, 0.2) is 54.7 Å². The van der Waals surface area contributed by atoms with Crippen LogP contribution in [0.4, 0.5) is 0 Å². The van der Waals surface area contributed by atoms with Crippen LogP contribution in [0.2, 0.25) is 0 Å². The molecule has 3 fully saturated rings. The monoisotopic (exact) mass is 456 g/mol. The number of hydrogen-bond donors (Lipinski definition) is 1. The molecule has 0 bridgehead atoms. The molecule has 3 heterocycles. The molecule has 3 aromatic rings. The minimum atomic E-state index is -0.940. The summed E-state index contributed by atoms with van der Waals surface area (Å²) in [4.78, 5) is 30.7. The van der Waals surface area contributed by atoms with Crippen molar-refractivity contribution < 1.29 is 19.4 Å². The van der Waals surface area contributed by atoms with Gasteiger partial charge in [-0.2, -0.15) is 0 Å². The van der Waals surface area contributed by atoms with Crippen molar-refractivity contribution in [1.82, 2.24) is 9.88 Å². The normalized spacial score (nSPS) is 23.4. The van der Waals surface area contributed by atoms with Crippen molar-refractivity contribution in [1.29, 1.82) is 0 Å². The van der Waals surface area contributed by atoms with Crippen molar-refractivity contribution in [3.8, 4) is 11.3 Å². The van der Waals surface area contributed by atoms with Crippen molar-refractivity contribution in [2.24, 2.45) is 5.41 Å². The molecule has 6 rings (SSSR count). The Bertz CT molecular complexity index is 1260. The van der Waals surface area contributed by atoms with Crippen molar-refractivity contribution in [3.63, 3.8) is 0 Å². The Morgan fingerprint density at radius 2 is 1.88 bits per heavy atom. The topological polar surface area (TPSA) is 79.7 Å². The van der Waals surface area contributed by atoms with Gasteiger partial charge in [0.05, 0.1) is 11.3 Å².